The summed E-state index contributed by atoms with van der Waals surface area (Å²) >= 11 is 0. The summed E-state index contributed by atoms with van der Waals surface area (Å²) in [4.78, 5) is 10.4. The average Bonchev–Trinajstić information content (AvgIpc) is 2.03. The van der Waals surface area contributed by atoms with E-state index in [0.29, 0.717) is 0 Å². The number of carbonyl (C=O) groups is 1. The second kappa shape index (κ2) is 3.72. The van der Waals surface area contributed by atoms with Crippen molar-refractivity contribution in [2.45, 2.75) is 6.92 Å². The Bertz CT molecular complexity index is 315. The zero-order valence-electron chi connectivity index (χ0n) is 6.95. The maximum atomic E-state index is 10.4. The van der Waals surface area contributed by atoms with Gasteiger partial charge in [0.15, 0.2) is 0 Å². The van der Waals surface area contributed by atoms with Crippen molar-refractivity contribution >= 4 is 12.0 Å². The number of carbonyl (C=O) groups excluding carboxylic acids is 1. The van der Waals surface area contributed by atoms with E-state index in [1.165, 1.54) is 6.08 Å². The Morgan fingerprint density at radius 3 is 2.67 bits per heavy atom. The quantitative estimate of drug-likeness (QED) is 0.656. The van der Waals surface area contributed by atoms with Crippen molar-refractivity contribution < 1.29 is 4.79 Å². The maximum Gasteiger partial charge on any atom is 0.241 e. The van der Waals surface area contributed by atoms with E-state index in [1.807, 2.05) is 31.2 Å². The summed E-state index contributed by atoms with van der Waals surface area (Å²) < 4.78 is 0. The predicted molar refractivity (Wildman–Crippen MR) is 49.4 cm³/mol. The Labute approximate surface area is 71.7 Å². The molecule has 2 nitrogen and oxygen atoms in total. The molecule has 0 heterocycles. The van der Waals surface area contributed by atoms with Crippen LogP contribution in [-0.4, -0.2) is 5.91 Å². The summed E-state index contributed by atoms with van der Waals surface area (Å²) in [6.07, 6.45) is 3.08. The summed E-state index contributed by atoms with van der Waals surface area (Å²) in [5.41, 5.74) is 7.12. The summed E-state index contributed by atoms with van der Waals surface area (Å²) in [5, 5.41) is 0. The van der Waals surface area contributed by atoms with Gasteiger partial charge in [0.1, 0.15) is 0 Å². The van der Waals surface area contributed by atoms with Crippen molar-refractivity contribution in [3.63, 3.8) is 0 Å². The molecule has 0 aromatic heterocycles. The number of rotatable bonds is 2. The molecule has 0 bridgehead atoms. The van der Waals surface area contributed by atoms with Gasteiger partial charge < -0.3 is 5.73 Å². The molecule has 0 saturated heterocycles. The zero-order valence-corrected chi connectivity index (χ0v) is 6.95. The van der Waals surface area contributed by atoms with Gasteiger partial charge in [0, 0.05) is 6.08 Å². The third-order valence-electron chi connectivity index (χ3n) is 1.62. The average molecular weight is 161 g/mol. The third kappa shape index (κ3) is 2.23. The highest BCUT2D eigenvalue weighted by atomic mass is 16.1. The van der Waals surface area contributed by atoms with Crippen molar-refractivity contribution in [2.75, 3.05) is 0 Å². The van der Waals surface area contributed by atoms with Crippen LogP contribution in [0, 0.1) is 6.92 Å². The molecule has 0 aliphatic heterocycles. The lowest BCUT2D eigenvalue weighted by molar-refractivity contribution is -0.113. The van der Waals surface area contributed by atoms with Gasteiger partial charge in [-0.25, -0.2) is 0 Å². The van der Waals surface area contributed by atoms with Gasteiger partial charge in [0.25, 0.3) is 0 Å². The highest BCUT2D eigenvalue weighted by Crippen LogP contribution is 2.08. The zero-order chi connectivity index (χ0) is 8.97. The number of nitrogens with two attached hydrogens (primary N) is 1. The van der Waals surface area contributed by atoms with Crippen LogP contribution in [0.3, 0.4) is 0 Å². The Morgan fingerprint density at radius 1 is 1.42 bits per heavy atom. The van der Waals surface area contributed by atoms with E-state index in [1.54, 1.807) is 6.08 Å². The number of aryl methyl sites for hydroxylation is 1. The summed E-state index contributed by atoms with van der Waals surface area (Å²) in [5.74, 6) is -0.418. The maximum absolute atomic E-state index is 10.4. The largest absolute Gasteiger partial charge is 0.366 e. The molecule has 62 valence electrons. The number of benzene rings is 1. The summed E-state index contributed by atoms with van der Waals surface area (Å²) in [7, 11) is 0. The van der Waals surface area contributed by atoms with Gasteiger partial charge >= 0.3 is 0 Å². The van der Waals surface area contributed by atoms with Gasteiger partial charge in [-0.05, 0) is 24.1 Å². The van der Waals surface area contributed by atoms with Crippen LogP contribution in [0.15, 0.2) is 30.3 Å². The van der Waals surface area contributed by atoms with E-state index in [9.17, 15) is 4.79 Å². The first-order valence-corrected chi connectivity index (χ1v) is 3.73. The van der Waals surface area contributed by atoms with Crippen LogP contribution in [0.4, 0.5) is 0 Å². The smallest absolute Gasteiger partial charge is 0.241 e. The Kier molecular flexibility index (Phi) is 2.64. The van der Waals surface area contributed by atoms with Crippen LogP contribution >= 0.6 is 0 Å². The molecule has 1 rings (SSSR count). The summed E-state index contributed by atoms with van der Waals surface area (Å²) in [6, 6.07) is 7.81. The van der Waals surface area contributed by atoms with Crippen molar-refractivity contribution in [3.8, 4) is 0 Å². The van der Waals surface area contributed by atoms with Crippen LogP contribution in [0.25, 0.3) is 6.08 Å². The molecule has 0 radical (unpaired) electrons. The van der Waals surface area contributed by atoms with Crippen LogP contribution < -0.4 is 5.73 Å². The minimum absolute atomic E-state index is 0.418. The lowest BCUT2D eigenvalue weighted by Gasteiger charge is -1.96. The SMILES string of the molecule is Cc1ccccc1/C=C\C(N)=O. The molecule has 0 spiro atoms. The number of hydrogen-bond acceptors (Lipinski definition) is 1. The molecule has 0 unspecified atom stereocenters. The van der Waals surface area contributed by atoms with Crippen molar-refractivity contribution in [3.05, 3.63) is 41.5 Å². The molecule has 0 saturated carbocycles. The van der Waals surface area contributed by atoms with Gasteiger partial charge in [-0.15, -0.1) is 0 Å². The molecule has 0 atom stereocenters. The van der Waals surface area contributed by atoms with E-state index in [2.05, 4.69) is 0 Å². The molecule has 0 fully saturated rings. The van der Waals surface area contributed by atoms with Gasteiger partial charge in [-0.3, -0.25) is 4.79 Å². The normalized spacial score (nSPS) is 10.4. The van der Waals surface area contributed by atoms with Crippen LogP contribution in [-0.2, 0) is 4.79 Å². The minimum atomic E-state index is -0.418. The lowest BCUT2D eigenvalue weighted by Crippen LogP contribution is -2.05. The van der Waals surface area contributed by atoms with E-state index >= 15 is 0 Å². The fourth-order valence-corrected chi connectivity index (χ4v) is 0.946. The number of amides is 1. The monoisotopic (exact) mass is 161 g/mol. The standard InChI is InChI=1S/C10H11NO/c1-8-4-2-3-5-9(8)6-7-10(11)12/h2-7H,1H3,(H2,11,12)/b7-6-. The molecule has 1 aromatic carbocycles. The van der Waals surface area contributed by atoms with Crippen LogP contribution in [0.1, 0.15) is 11.1 Å². The van der Waals surface area contributed by atoms with Crippen LogP contribution in [0.2, 0.25) is 0 Å². The van der Waals surface area contributed by atoms with E-state index in [0.717, 1.165) is 11.1 Å². The second-order valence-corrected chi connectivity index (χ2v) is 2.59. The summed E-state index contributed by atoms with van der Waals surface area (Å²) in [6.45, 7) is 1.99. The second-order valence-electron chi connectivity index (χ2n) is 2.59. The molecule has 1 amide bonds. The van der Waals surface area contributed by atoms with E-state index in [4.69, 9.17) is 5.73 Å². The lowest BCUT2D eigenvalue weighted by atomic mass is 10.1. The van der Waals surface area contributed by atoms with Crippen molar-refractivity contribution in [1.29, 1.82) is 0 Å². The molecule has 2 heteroatoms. The fourth-order valence-electron chi connectivity index (χ4n) is 0.946. The predicted octanol–water partition coefficient (Wildman–Crippen LogP) is 1.49. The molecule has 0 aliphatic carbocycles. The Hall–Kier alpha value is -1.57. The first-order chi connectivity index (χ1) is 5.70. The molecule has 0 aliphatic rings. The number of hydrogen-bond donors (Lipinski definition) is 1. The molecular weight excluding hydrogens is 150 g/mol. The molecule has 12 heavy (non-hydrogen) atoms. The number of primary amides is 1. The fraction of sp³-hybridized carbons (Fsp3) is 0.100. The van der Waals surface area contributed by atoms with E-state index in [-0.39, 0.29) is 0 Å². The molecular formula is C10H11NO. The third-order valence-corrected chi connectivity index (χ3v) is 1.62. The highest BCUT2D eigenvalue weighted by Gasteiger charge is 1.91. The Morgan fingerprint density at radius 2 is 2.08 bits per heavy atom. The van der Waals surface area contributed by atoms with Gasteiger partial charge in [-0.2, -0.15) is 0 Å². The minimum Gasteiger partial charge on any atom is -0.366 e. The highest BCUT2D eigenvalue weighted by molar-refractivity contribution is 5.90. The van der Waals surface area contributed by atoms with Crippen molar-refractivity contribution in [2.24, 2.45) is 5.73 Å². The van der Waals surface area contributed by atoms with Gasteiger partial charge in [0.2, 0.25) is 5.91 Å². The van der Waals surface area contributed by atoms with E-state index < -0.39 is 5.91 Å². The molecule has 1 aromatic rings. The van der Waals surface area contributed by atoms with Crippen molar-refractivity contribution in [1.82, 2.24) is 0 Å². The van der Waals surface area contributed by atoms with Crippen LogP contribution in [0.5, 0.6) is 0 Å². The van der Waals surface area contributed by atoms with Gasteiger partial charge in [0.05, 0.1) is 0 Å². The first-order valence-electron chi connectivity index (χ1n) is 3.73. The molecule has 2 N–H and O–H groups in total. The van der Waals surface area contributed by atoms with Gasteiger partial charge in [-0.1, -0.05) is 24.3 Å². The topological polar surface area (TPSA) is 43.1 Å². The first kappa shape index (κ1) is 8.53. The Balaban J connectivity index is 2.89.